The van der Waals surface area contributed by atoms with E-state index in [1.54, 1.807) is 24.3 Å². The zero-order valence-corrected chi connectivity index (χ0v) is 17.1. The van der Waals surface area contributed by atoms with E-state index >= 15 is 0 Å². The number of nitrogens with zero attached hydrogens (tertiary/aromatic N) is 3. The van der Waals surface area contributed by atoms with Gasteiger partial charge in [-0.15, -0.1) is 10.2 Å². The van der Waals surface area contributed by atoms with Crippen molar-refractivity contribution >= 4 is 38.1 Å². The highest BCUT2D eigenvalue weighted by Gasteiger charge is 2.31. The molecule has 1 aliphatic heterocycles. The molecule has 1 aliphatic rings. The molecule has 1 amide bonds. The van der Waals surface area contributed by atoms with Gasteiger partial charge in [0.25, 0.3) is 5.91 Å². The standard InChI is InChI=1S/C19H18N4O4S2/c1-29(25,26)23-12-11-16(27-15-10-6-5-9-14(15)23)17(24)20-19-22-21-18(28-19)13-7-3-2-4-8-13/h2-10,16H,11-12H2,1H3,(H,20,22,24)/t16-/m1/s1. The number of fused-ring (bicyclic) bond motifs is 1. The summed E-state index contributed by atoms with van der Waals surface area (Å²) < 4.78 is 31.4. The average Bonchev–Trinajstić information content (AvgIpc) is 3.06. The maximum Gasteiger partial charge on any atom is 0.267 e. The predicted octanol–water partition coefficient (Wildman–Crippen LogP) is 2.76. The highest BCUT2D eigenvalue weighted by atomic mass is 32.2. The normalized spacial score (nSPS) is 16.4. The molecular weight excluding hydrogens is 412 g/mol. The first-order chi connectivity index (χ1) is 13.9. The number of amides is 1. The van der Waals surface area contributed by atoms with Crippen LogP contribution in [-0.4, -0.2) is 43.4 Å². The van der Waals surface area contributed by atoms with Crippen LogP contribution in [0.2, 0.25) is 0 Å². The van der Waals surface area contributed by atoms with E-state index in [0.29, 0.717) is 21.6 Å². The molecule has 4 rings (SSSR count). The Morgan fingerprint density at radius 3 is 2.62 bits per heavy atom. The van der Waals surface area contributed by atoms with Crippen molar-refractivity contribution in [2.75, 3.05) is 22.4 Å². The van der Waals surface area contributed by atoms with Crippen molar-refractivity contribution in [2.45, 2.75) is 12.5 Å². The molecular formula is C19H18N4O4S2. The van der Waals surface area contributed by atoms with Gasteiger partial charge in [0.05, 0.1) is 11.9 Å². The maximum absolute atomic E-state index is 12.8. The van der Waals surface area contributed by atoms with E-state index in [1.165, 1.54) is 15.6 Å². The Morgan fingerprint density at radius 1 is 1.14 bits per heavy atom. The zero-order chi connectivity index (χ0) is 20.4. The summed E-state index contributed by atoms with van der Waals surface area (Å²) in [5, 5.41) is 11.9. The van der Waals surface area contributed by atoms with Crippen LogP contribution in [0.3, 0.4) is 0 Å². The van der Waals surface area contributed by atoms with E-state index in [2.05, 4.69) is 15.5 Å². The Bertz CT molecular complexity index is 1130. The van der Waals surface area contributed by atoms with Gasteiger partial charge in [-0.1, -0.05) is 53.8 Å². The molecule has 2 heterocycles. The van der Waals surface area contributed by atoms with Gasteiger partial charge in [0.15, 0.2) is 6.10 Å². The van der Waals surface area contributed by atoms with Crippen LogP contribution in [0, 0.1) is 0 Å². The minimum absolute atomic E-state index is 0.138. The third-order valence-corrected chi connectivity index (χ3v) is 6.43. The molecule has 0 saturated heterocycles. The number of para-hydroxylation sites is 2. The summed E-state index contributed by atoms with van der Waals surface area (Å²) in [6.45, 7) is 0.138. The second kappa shape index (κ2) is 7.80. The average molecular weight is 431 g/mol. The van der Waals surface area contributed by atoms with Gasteiger partial charge in [0.2, 0.25) is 15.2 Å². The molecule has 0 saturated carbocycles. The minimum atomic E-state index is -3.50. The number of ether oxygens (including phenoxy) is 1. The van der Waals surface area contributed by atoms with Crippen molar-refractivity contribution in [3.63, 3.8) is 0 Å². The predicted molar refractivity (Wildman–Crippen MR) is 112 cm³/mol. The molecule has 0 spiro atoms. The molecule has 3 aromatic rings. The fourth-order valence-electron chi connectivity index (χ4n) is 3.02. The van der Waals surface area contributed by atoms with Crippen LogP contribution in [-0.2, 0) is 14.8 Å². The molecule has 1 atom stereocenters. The van der Waals surface area contributed by atoms with Crippen molar-refractivity contribution < 1.29 is 17.9 Å². The number of anilines is 2. The van der Waals surface area contributed by atoms with Crippen LogP contribution in [0.15, 0.2) is 54.6 Å². The number of benzene rings is 2. The van der Waals surface area contributed by atoms with E-state index in [1.807, 2.05) is 30.3 Å². The monoisotopic (exact) mass is 430 g/mol. The first-order valence-electron chi connectivity index (χ1n) is 8.85. The van der Waals surface area contributed by atoms with Crippen molar-refractivity contribution in [2.24, 2.45) is 0 Å². The van der Waals surface area contributed by atoms with Crippen LogP contribution in [0.5, 0.6) is 5.75 Å². The SMILES string of the molecule is CS(=O)(=O)N1CC[C@H](C(=O)Nc2nnc(-c3ccccc3)s2)Oc2ccccc21. The molecule has 150 valence electrons. The first-order valence-corrected chi connectivity index (χ1v) is 11.5. The quantitative estimate of drug-likeness (QED) is 0.683. The van der Waals surface area contributed by atoms with Crippen LogP contribution in [0.25, 0.3) is 10.6 Å². The number of hydrogen-bond donors (Lipinski definition) is 1. The van der Waals surface area contributed by atoms with Crippen molar-refractivity contribution in [1.82, 2.24) is 10.2 Å². The van der Waals surface area contributed by atoms with Gasteiger partial charge in [0.1, 0.15) is 10.8 Å². The lowest BCUT2D eigenvalue weighted by atomic mass is 10.2. The van der Waals surface area contributed by atoms with E-state index in [-0.39, 0.29) is 13.0 Å². The Balaban J connectivity index is 1.52. The van der Waals surface area contributed by atoms with E-state index in [9.17, 15) is 13.2 Å². The van der Waals surface area contributed by atoms with Gasteiger partial charge < -0.3 is 4.74 Å². The highest BCUT2D eigenvalue weighted by Crippen LogP contribution is 2.34. The second-order valence-corrected chi connectivity index (χ2v) is 9.35. The third-order valence-electron chi connectivity index (χ3n) is 4.37. The number of sulfonamides is 1. The molecule has 1 N–H and O–H groups in total. The Hall–Kier alpha value is -2.98. The van der Waals surface area contributed by atoms with Gasteiger partial charge in [0, 0.05) is 18.5 Å². The molecule has 10 heteroatoms. The molecule has 0 radical (unpaired) electrons. The van der Waals surface area contributed by atoms with Gasteiger partial charge in [-0.3, -0.25) is 14.4 Å². The van der Waals surface area contributed by atoms with Gasteiger partial charge in [-0.2, -0.15) is 0 Å². The Kier molecular flexibility index (Phi) is 5.20. The van der Waals surface area contributed by atoms with Gasteiger partial charge >= 0.3 is 0 Å². The van der Waals surface area contributed by atoms with Crippen LogP contribution in [0.1, 0.15) is 6.42 Å². The van der Waals surface area contributed by atoms with Crippen LogP contribution >= 0.6 is 11.3 Å². The van der Waals surface area contributed by atoms with Crippen molar-refractivity contribution in [3.8, 4) is 16.3 Å². The highest BCUT2D eigenvalue weighted by molar-refractivity contribution is 7.92. The minimum Gasteiger partial charge on any atom is -0.478 e. The number of carbonyl (C=O) groups is 1. The zero-order valence-electron chi connectivity index (χ0n) is 15.5. The Labute approximate surface area is 172 Å². The summed E-state index contributed by atoms with van der Waals surface area (Å²) in [5.74, 6) is -0.0521. The van der Waals surface area contributed by atoms with Crippen LogP contribution in [0.4, 0.5) is 10.8 Å². The molecule has 2 aromatic carbocycles. The number of aromatic nitrogens is 2. The van der Waals surface area contributed by atoms with Crippen LogP contribution < -0.4 is 14.4 Å². The molecule has 29 heavy (non-hydrogen) atoms. The lowest BCUT2D eigenvalue weighted by Crippen LogP contribution is -2.35. The summed E-state index contributed by atoms with van der Waals surface area (Å²) in [6, 6.07) is 16.3. The molecule has 1 aromatic heterocycles. The number of rotatable bonds is 4. The molecule has 0 unspecified atom stereocenters. The number of hydrogen-bond acceptors (Lipinski definition) is 7. The van der Waals surface area contributed by atoms with Gasteiger partial charge in [-0.05, 0) is 12.1 Å². The molecule has 8 nitrogen and oxygen atoms in total. The number of nitrogens with one attached hydrogen (secondary N) is 1. The first kappa shape index (κ1) is 19.3. The second-order valence-electron chi connectivity index (χ2n) is 6.47. The van der Waals surface area contributed by atoms with E-state index in [4.69, 9.17) is 4.74 Å². The smallest absolute Gasteiger partial charge is 0.267 e. The number of carbonyl (C=O) groups excluding carboxylic acids is 1. The molecule has 0 fully saturated rings. The lowest BCUT2D eigenvalue weighted by molar-refractivity contribution is -0.122. The Morgan fingerprint density at radius 2 is 1.86 bits per heavy atom. The summed E-state index contributed by atoms with van der Waals surface area (Å²) in [4.78, 5) is 12.8. The fraction of sp³-hybridized carbons (Fsp3) is 0.211. The largest absolute Gasteiger partial charge is 0.478 e. The third kappa shape index (κ3) is 4.22. The maximum atomic E-state index is 12.8. The van der Waals surface area contributed by atoms with Crippen molar-refractivity contribution in [1.29, 1.82) is 0 Å². The molecule has 0 bridgehead atoms. The van der Waals surface area contributed by atoms with E-state index < -0.39 is 22.0 Å². The van der Waals surface area contributed by atoms with Gasteiger partial charge in [-0.25, -0.2) is 8.42 Å². The lowest BCUT2D eigenvalue weighted by Gasteiger charge is -2.20. The van der Waals surface area contributed by atoms with E-state index in [0.717, 1.165) is 11.8 Å². The van der Waals surface area contributed by atoms with Crippen molar-refractivity contribution in [3.05, 3.63) is 54.6 Å². The summed E-state index contributed by atoms with van der Waals surface area (Å²) in [6.07, 6.45) is 0.487. The fourth-order valence-corrected chi connectivity index (χ4v) is 4.71. The summed E-state index contributed by atoms with van der Waals surface area (Å²) in [7, 11) is -3.50. The summed E-state index contributed by atoms with van der Waals surface area (Å²) >= 11 is 1.26. The topological polar surface area (TPSA) is 101 Å². The summed E-state index contributed by atoms with van der Waals surface area (Å²) in [5.41, 5.74) is 1.33. The molecule has 0 aliphatic carbocycles.